The summed E-state index contributed by atoms with van der Waals surface area (Å²) >= 11 is 0. The van der Waals surface area contributed by atoms with E-state index < -0.39 is 9.84 Å². The van der Waals surface area contributed by atoms with Crippen LogP contribution in [-0.4, -0.2) is 59.4 Å². The lowest BCUT2D eigenvalue weighted by Crippen LogP contribution is -2.37. The Hall–Kier alpha value is -0.920. The van der Waals surface area contributed by atoms with Crippen molar-refractivity contribution in [3.63, 3.8) is 0 Å². The molecular formula is C14H27N3O3S. The van der Waals surface area contributed by atoms with Gasteiger partial charge in [-0.15, -0.1) is 0 Å². The van der Waals surface area contributed by atoms with Gasteiger partial charge in [-0.25, -0.2) is 8.42 Å². The van der Waals surface area contributed by atoms with Crippen LogP contribution in [0.5, 0.6) is 0 Å². The molecule has 1 heterocycles. The Morgan fingerprint density at radius 2 is 2.00 bits per heavy atom. The first kappa shape index (κ1) is 18.1. The molecule has 0 spiro atoms. The van der Waals surface area contributed by atoms with E-state index in [9.17, 15) is 8.42 Å². The summed E-state index contributed by atoms with van der Waals surface area (Å²) in [6.45, 7) is 9.90. The Bertz CT molecular complexity index is 566. The molecule has 0 aliphatic rings. The maximum atomic E-state index is 11.5. The quantitative estimate of drug-likeness (QED) is 0.765. The average Bonchev–Trinajstić information content (AvgIpc) is 2.60. The van der Waals surface area contributed by atoms with Crippen LogP contribution < -0.4 is 0 Å². The number of aromatic nitrogens is 2. The molecule has 1 rings (SSSR count). The third-order valence-corrected chi connectivity index (χ3v) is 4.87. The SMILES string of the molecule is CCN(Cc1c(C)nn(CCO)c1C)C(C)CS(C)(=O)=O. The van der Waals surface area contributed by atoms with Crippen molar-refractivity contribution in [1.82, 2.24) is 14.7 Å². The normalized spacial score (nSPS) is 13.9. The van der Waals surface area contributed by atoms with Gasteiger partial charge in [-0.1, -0.05) is 6.92 Å². The maximum absolute atomic E-state index is 11.5. The van der Waals surface area contributed by atoms with Gasteiger partial charge >= 0.3 is 0 Å². The molecule has 21 heavy (non-hydrogen) atoms. The van der Waals surface area contributed by atoms with Gasteiger partial charge in [0.25, 0.3) is 0 Å². The van der Waals surface area contributed by atoms with Crippen LogP contribution in [0.4, 0.5) is 0 Å². The highest BCUT2D eigenvalue weighted by Gasteiger charge is 2.20. The van der Waals surface area contributed by atoms with Crippen LogP contribution in [0.15, 0.2) is 0 Å². The van der Waals surface area contributed by atoms with Gasteiger partial charge in [-0.05, 0) is 27.3 Å². The lowest BCUT2D eigenvalue weighted by atomic mass is 10.1. The molecule has 0 aliphatic heterocycles. The highest BCUT2D eigenvalue weighted by molar-refractivity contribution is 7.90. The number of hydrogen-bond acceptors (Lipinski definition) is 5. The fraction of sp³-hybridized carbons (Fsp3) is 0.786. The molecule has 6 nitrogen and oxygen atoms in total. The van der Waals surface area contributed by atoms with Crippen molar-refractivity contribution in [2.75, 3.05) is 25.2 Å². The highest BCUT2D eigenvalue weighted by atomic mass is 32.2. The first-order valence-electron chi connectivity index (χ1n) is 7.25. The molecule has 0 saturated carbocycles. The number of aryl methyl sites for hydroxylation is 1. The van der Waals surface area contributed by atoms with Crippen molar-refractivity contribution in [2.45, 2.75) is 46.8 Å². The molecule has 1 atom stereocenters. The molecule has 7 heteroatoms. The highest BCUT2D eigenvalue weighted by Crippen LogP contribution is 2.17. The zero-order valence-corrected chi connectivity index (χ0v) is 14.4. The van der Waals surface area contributed by atoms with Crippen molar-refractivity contribution < 1.29 is 13.5 Å². The number of rotatable bonds is 8. The average molecular weight is 317 g/mol. The van der Waals surface area contributed by atoms with E-state index >= 15 is 0 Å². The van der Waals surface area contributed by atoms with Crippen LogP contribution >= 0.6 is 0 Å². The monoisotopic (exact) mass is 317 g/mol. The van der Waals surface area contributed by atoms with E-state index in [-0.39, 0.29) is 18.4 Å². The molecule has 0 aliphatic carbocycles. The largest absolute Gasteiger partial charge is 0.394 e. The summed E-state index contributed by atoms with van der Waals surface area (Å²) in [5.41, 5.74) is 3.09. The standard InChI is InChI=1S/C14H27N3O3S/c1-6-16(11(2)10-21(5,19)20)9-14-12(3)15-17(7-8-18)13(14)4/h11,18H,6-10H2,1-5H3. The van der Waals surface area contributed by atoms with Crippen LogP contribution in [0.3, 0.4) is 0 Å². The minimum atomic E-state index is -2.99. The minimum absolute atomic E-state index is 0.0370. The van der Waals surface area contributed by atoms with Crippen LogP contribution in [0, 0.1) is 13.8 Å². The van der Waals surface area contributed by atoms with E-state index in [0.29, 0.717) is 13.1 Å². The second-order valence-electron chi connectivity index (χ2n) is 5.60. The third-order valence-electron chi connectivity index (χ3n) is 3.78. The topological polar surface area (TPSA) is 75.4 Å². The van der Waals surface area contributed by atoms with Gasteiger partial charge in [-0.2, -0.15) is 5.10 Å². The van der Waals surface area contributed by atoms with Gasteiger partial charge in [0.05, 0.1) is 24.6 Å². The molecule has 1 N–H and O–H groups in total. The molecule has 122 valence electrons. The van der Waals surface area contributed by atoms with E-state index in [1.807, 2.05) is 27.7 Å². The zero-order valence-electron chi connectivity index (χ0n) is 13.6. The lowest BCUT2D eigenvalue weighted by Gasteiger charge is -2.27. The van der Waals surface area contributed by atoms with E-state index in [2.05, 4.69) is 10.00 Å². The fourth-order valence-corrected chi connectivity index (χ4v) is 3.69. The van der Waals surface area contributed by atoms with Crippen LogP contribution in [-0.2, 0) is 22.9 Å². The first-order valence-corrected chi connectivity index (χ1v) is 9.31. The molecular weight excluding hydrogens is 290 g/mol. The number of aliphatic hydroxyl groups excluding tert-OH is 1. The van der Waals surface area contributed by atoms with Gasteiger partial charge in [0, 0.05) is 30.1 Å². The Kier molecular flexibility index (Phi) is 6.37. The Morgan fingerprint density at radius 1 is 1.38 bits per heavy atom. The summed E-state index contributed by atoms with van der Waals surface area (Å²) < 4.78 is 24.7. The molecule has 1 unspecified atom stereocenters. The van der Waals surface area contributed by atoms with Crippen molar-refractivity contribution in [1.29, 1.82) is 0 Å². The third kappa shape index (κ3) is 5.09. The Balaban J connectivity index is 2.91. The summed E-state index contributed by atoms with van der Waals surface area (Å²) in [5.74, 6) is 0.156. The molecule has 0 radical (unpaired) electrons. The second kappa shape index (κ2) is 7.38. The smallest absolute Gasteiger partial charge is 0.148 e. The lowest BCUT2D eigenvalue weighted by molar-refractivity contribution is 0.225. The van der Waals surface area contributed by atoms with Crippen molar-refractivity contribution in [3.8, 4) is 0 Å². The predicted octanol–water partition coefficient (Wildman–Crippen LogP) is 0.747. The van der Waals surface area contributed by atoms with Crippen LogP contribution in [0.1, 0.15) is 30.8 Å². The molecule has 1 aromatic rings. The van der Waals surface area contributed by atoms with Gasteiger partial charge in [0.2, 0.25) is 0 Å². The molecule has 0 saturated heterocycles. The van der Waals surface area contributed by atoms with Crippen molar-refractivity contribution in [2.24, 2.45) is 0 Å². The Labute approximate surface area is 127 Å². The van der Waals surface area contributed by atoms with Gasteiger partial charge in [0.1, 0.15) is 9.84 Å². The number of aliphatic hydroxyl groups is 1. The summed E-state index contributed by atoms with van der Waals surface area (Å²) in [6.07, 6.45) is 1.27. The summed E-state index contributed by atoms with van der Waals surface area (Å²) in [5, 5.41) is 13.5. The second-order valence-corrected chi connectivity index (χ2v) is 7.79. The predicted molar refractivity (Wildman–Crippen MR) is 84.0 cm³/mol. The maximum Gasteiger partial charge on any atom is 0.148 e. The van der Waals surface area contributed by atoms with Crippen molar-refractivity contribution >= 4 is 9.84 Å². The number of sulfone groups is 1. The molecule has 0 amide bonds. The van der Waals surface area contributed by atoms with Crippen molar-refractivity contribution in [3.05, 3.63) is 17.0 Å². The van der Waals surface area contributed by atoms with E-state index in [1.54, 1.807) is 4.68 Å². The van der Waals surface area contributed by atoms with E-state index in [4.69, 9.17) is 5.11 Å². The summed E-state index contributed by atoms with van der Waals surface area (Å²) in [7, 11) is -2.99. The number of hydrogen-bond donors (Lipinski definition) is 1. The van der Waals surface area contributed by atoms with E-state index in [0.717, 1.165) is 23.5 Å². The molecule has 0 aromatic carbocycles. The minimum Gasteiger partial charge on any atom is -0.394 e. The molecule has 0 fully saturated rings. The molecule has 1 aromatic heterocycles. The van der Waals surface area contributed by atoms with Gasteiger partial charge < -0.3 is 5.11 Å². The fourth-order valence-electron chi connectivity index (χ4n) is 2.60. The summed E-state index contributed by atoms with van der Waals surface area (Å²) in [6, 6.07) is -0.0370. The van der Waals surface area contributed by atoms with Gasteiger partial charge in [-0.3, -0.25) is 9.58 Å². The molecule has 0 bridgehead atoms. The first-order chi connectivity index (χ1) is 9.69. The summed E-state index contributed by atoms with van der Waals surface area (Å²) in [4.78, 5) is 2.14. The van der Waals surface area contributed by atoms with Crippen LogP contribution in [0.2, 0.25) is 0 Å². The van der Waals surface area contributed by atoms with Crippen LogP contribution in [0.25, 0.3) is 0 Å². The zero-order chi connectivity index (χ0) is 16.2. The number of nitrogens with zero attached hydrogens (tertiary/aromatic N) is 3. The Morgan fingerprint density at radius 3 is 2.48 bits per heavy atom. The van der Waals surface area contributed by atoms with E-state index in [1.165, 1.54) is 6.26 Å². The van der Waals surface area contributed by atoms with Gasteiger partial charge in [0.15, 0.2) is 0 Å².